The Morgan fingerprint density at radius 2 is 1.89 bits per heavy atom. The van der Waals surface area contributed by atoms with Gasteiger partial charge in [-0.15, -0.1) is 11.3 Å². The van der Waals surface area contributed by atoms with E-state index in [9.17, 15) is 14.9 Å². The molecular weight excluding hydrogens is 368 g/mol. The van der Waals surface area contributed by atoms with E-state index in [-0.39, 0.29) is 40.8 Å². The molecule has 0 unspecified atom stereocenters. The lowest BCUT2D eigenvalue weighted by Crippen LogP contribution is -2.16. The van der Waals surface area contributed by atoms with Crippen LogP contribution in [-0.2, 0) is 27.3 Å². The molecule has 2 aromatic rings. The van der Waals surface area contributed by atoms with Crippen LogP contribution in [0, 0.1) is 11.3 Å². The minimum absolute atomic E-state index is 0.118. The highest BCUT2D eigenvalue weighted by molar-refractivity contribution is 7.18. The van der Waals surface area contributed by atoms with Crippen molar-refractivity contribution in [1.29, 1.82) is 5.26 Å². The number of nitrogen functional groups attached to an aromatic ring is 1. The second kappa shape index (κ2) is 9.59. The molecule has 0 spiro atoms. The van der Waals surface area contributed by atoms with Crippen LogP contribution >= 0.6 is 11.3 Å². The summed E-state index contributed by atoms with van der Waals surface area (Å²) in [7, 11) is 0. The molecule has 0 saturated carbocycles. The van der Waals surface area contributed by atoms with E-state index in [0.717, 1.165) is 23.3 Å². The average Bonchev–Trinajstić information content (AvgIpc) is 3.00. The monoisotopic (exact) mass is 388 g/mol. The maximum atomic E-state index is 12.0. The van der Waals surface area contributed by atoms with Gasteiger partial charge in [-0.05, 0) is 31.0 Å². The molecule has 0 bridgehead atoms. The van der Waals surface area contributed by atoms with Crippen molar-refractivity contribution in [3.63, 3.8) is 0 Å². The Hall–Kier alpha value is -3.05. The zero-order valence-corrected chi connectivity index (χ0v) is 15.9. The summed E-state index contributed by atoms with van der Waals surface area (Å²) in [6, 6.07) is 9.31. The van der Waals surface area contributed by atoms with Gasteiger partial charge in [0.05, 0.1) is 12.2 Å². The first-order valence-corrected chi connectivity index (χ1v) is 9.17. The molecule has 2 rings (SSSR count). The molecule has 7 nitrogen and oxygen atoms in total. The molecule has 0 aliphatic rings. The Bertz CT molecular complexity index is 852. The molecule has 0 atom stereocenters. The van der Waals surface area contributed by atoms with Gasteiger partial charge in [0, 0.05) is 5.56 Å². The Labute approximate surface area is 161 Å². The van der Waals surface area contributed by atoms with E-state index in [2.05, 4.69) is 0 Å². The molecule has 0 aliphatic heterocycles. The fraction of sp³-hybridized carbons (Fsp3) is 0.316. The Kier molecular flexibility index (Phi) is 7.20. The second-order valence-electron chi connectivity index (χ2n) is 5.43. The first-order chi connectivity index (χ1) is 13.0. The van der Waals surface area contributed by atoms with Gasteiger partial charge < -0.3 is 19.9 Å². The van der Waals surface area contributed by atoms with Gasteiger partial charge in [0.1, 0.15) is 28.3 Å². The van der Waals surface area contributed by atoms with Crippen molar-refractivity contribution in [3.05, 3.63) is 45.8 Å². The first-order valence-electron chi connectivity index (χ1n) is 8.35. The number of hydrogen-bond acceptors (Lipinski definition) is 8. The topological polar surface area (TPSA) is 112 Å². The predicted molar refractivity (Wildman–Crippen MR) is 101 cm³/mol. The largest absolute Gasteiger partial charge is 0.482 e. The molecule has 142 valence electrons. The number of benzene rings is 1. The van der Waals surface area contributed by atoms with E-state index in [1.165, 1.54) is 0 Å². The van der Waals surface area contributed by atoms with Gasteiger partial charge in [-0.3, -0.25) is 0 Å². The van der Waals surface area contributed by atoms with Crippen LogP contribution in [0.2, 0.25) is 0 Å². The van der Waals surface area contributed by atoms with Crippen molar-refractivity contribution < 1.29 is 23.8 Å². The number of esters is 2. The SMILES string of the molecule is CCOC(=O)c1sc(N)c(C#N)c1COC(=O)COc1ccc(CC)cc1. The summed E-state index contributed by atoms with van der Waals surface area (Å²) in [5.74, 6) is -0.680. The Morgan fingerprint density at radius 1 is 1.19 bits per heavy atom. The Balaban J connectivity index is 1.99. The molecule has 0 radical (unpaired) electrons. The summed E-state index contributed by atoms with van der Waals surface area (Å²) >= 11 is 0.937. The highest BCUT2D eigenvalue weighted by atomic mass is 32.1. The summed E-state index contributed by atoms with van der Waals surface area (Å²) in [4.78, 5) is 24.1. The van der Waals surface area contributed by atoms with Crippen molar-refractivity contribution in [2.45, 2.75) is 26.9 Å². The van der Waals surface area contributed by atoms with Gasteiger partial charge in [0.25, 0.3) is 0 Å². The quantitative estimate of drug-likeness (QED) is 0.692. The fourth-order valence-electron chi connectivity index (χ4n) is 2.26. The summed E-state index contributed by atoms with van der Waals surface area (Å²) in [5, 5.41) is 9.42. The number of nitriles is 1. The van der Waals surface area contributed by atoms with Crippen molar-refractivity contribution in [3.8, 4) is 11.8 Å². The molecule has 0 fully saturated rings. The molecule has 1 aromatic carbocycles. The molecule has 0 saturated heterocycles. The van der Waals surface area contributed by atoms with Gasteiger partial charge >= 0.3 is 11.9 Å². The van der Waals surface area contributed by atoms with E-state index in [4.69, 9.17) is 19.9 Å². The Morgan fingerprint density at radius 3 is 2.48 bits per heavy atom. The molecule has 8 heteroatoms. The molecule has 0 amide bonds. The molecule has 1 aromatic heterocycles. The third-order valence-corrected chi connectivity index (χ3v) is 4.71. The number of anilines is 1. The van der Waals surface area contributed by atoms with Crippen LogP contribution in [0.3, 0.4) is 0 Å². The minimum atomic E-state index is -0.627. The number of aryl methyl sites for hydroxylation is 1. The van der Waals surface area contributed by atoms with Crippen LogP contribution in [0.4, 0.5) is 5.00 Å². The van der Waals surface area contributed by atoms with Crippen LogP contribution in [0.25, 0.3) is 0 Å². The maximum Gasteiger partial charge on any atom is 0.348 e. The van der Waals surface area contributed by atoms with Crippen LogP contribution < -0.4 is 10.5 Å². The standard InChI is InChI=1S/C19H20N2O5S/c1-3-12-5-7-13(8-6-12)25-11-16(22)26-10-15-14(9-20)18(21)27-17(15)19(23)24-4-2/h5-8H,3-4,10-11,21H2,1-2H3. The zero-order valence-electron chi connectivity index (χ0n) is 15.1. The summed E-state index contributed by atoms with van der Waals surface area (Å²) in [6.07, 6.45) is 0.913. The van der Waals surface area contributed by atoms with Crippen LogP contribution in [0.5, 0.6) is 5.75 Å². The number of rotatable bonds is 8. The van der Waals surface area contributed by atoms with Crippen molar-refractivity contribution >= 4 is 28.3 Å². The first kappa shape index (κ1) is 20.3. The van der Waals surface area contributed by atoms with Crippen molar-refractivity contribution in [2.24, 2.45) is 0 Å². The third-order valence-electron chi connectivity index (χ3n) is 3.67. The number of carbonyl (C=O) groups excluding carboxylic acids is 2. The fourth-order valence-corrected chi connectivity index (χ4v) is 3.18. The molecule has 0 aliphatic carbocycles. The smallest absolute Gasteiger partial charge is 0.348 e. The van der Waals surface area contributed by atoms with Gasteiger partial charge in [0.15, 0.2) is 6.61 Å². The van der Waals surface area contributed by atoms with Gasteiger partial charge in [-0.25, -0.2) is 9.59 Å². The number of carbonyl (C=O) groups is 2. The number of nitrogens with two attached hydrogens (primary N) is 1. The van der Waals surface area contributed by atoms with Crippen molar-refractivity contribution in [1.82, 2.24) is 0 Å². The molecule has 2 N–H and O–H groups in total. The lowest BCUT2D eigenvalue weighted by molar-refractivity contribution is -0.147. The number of ether oxygens (including phenoxy) is 3. The number of nitrogens with zero attached hydrogens (tertiary/aromatic N) is 1. The number of hydrogen-bond donors (Lipinski definition) is 1. The third kappa shape index (κ3) is 5.21. The van der Waals surface area contributed by atoms with Gasteiger partial charge in [0.2, 0.25) is 0 Å². The highest BCUT2D eigenvalue weighted by Crippen LogP contribution is 2.31. The lowest BCUT2D eigenvalue weighted by atomic mass is 10.1. The molecule has 1 heterocycles. The summed E-state index contributed by atoms with van der Waals surface area (Å²) in [6.45, 7) is 3.35. The average molecular weight is 388 g/mol. The molecule has 27 heavy (non-hydrogen) atoms. The van der Waals surface area contributed by atoms with Crippen LogP contribution in [0.1, 0.15) is 40.2 Å². The van der Waals surface area contributed by atoms with E-state index in [0.29, 0.717) is 5.75 Å². The number of thiophene rings is 1. The van der Waals surface area contributed by atoms with Crippen molar-refractivity contribution in [2.75, 3.05) is 18.9 Å². The highest BCUT2D eigenvalue weighted by Gasteiger charge is 2.23. The zero-order chi connectivity index (χ0) is 19.8. The van der Waals surface area contributed by atoms with Gasteiger partial charge in [-0.1, -0.05) is 19.1 Å². The normalized spacial score (nSPS) is 10.1. The van der Waals surface area contributed by atoms with E-state index < -0.39 is 11.9 Å². The van der Waals surface area contributed by atoms with E-state index in [1.54, 1.807) is 19.1 Å². The predicted octanol–water partition coefficient (Wildman–Crippen LogP) is 3.06. The summed E-state index contributed by atoms with van der Waals surface area (Å²) < 4.78 is 15.5. The van der Waals surface area contributed by atoms with Gasteiger partial charge in [-0.2, -0.15) is 5.26 Å². The summed E-state index contributed by atoms with van der Waals surface area (Å²) in [5.41, 5.74) is 7.30. The second-order valence-corrected chi connectivity index (χ2v) is 6.48. The minimum Gasteiger partial charge on any atom is -0.482 e. The lowest BCUT2D eigenvalue weighted by Gasteiger charge is -2.08. The molecular formula is C19H20N2O5S. The van der Waals surface area contributed by atoms with E-state index in [1.807, 2.05) is 25.1 Å². The van der Waals surface area contributed by atoms with Crippen LogP contribution in [0.15, 0.2) is 24.3 Å². The van der Waals surface area contributed by atoms with Crippen LogP contribution in [-0.4, -0.2) is 25.2 Å². The maximum absolute atomic E-state index is 12.0. The van der Waals surface area contributed by atoms with E-state index >= 15 is 0 Å².